The molecule has 1 aromatic rings. The molecular formula is C13H15ClN2O3. The van der Waals surface area contributed by atoms with Crippen molar-refractivity contribution in [1.29, 1.82) is 5.26 Å². The van der Waals surface area contributed by atoms with Gasteiger partial charge in [-0.25, -0.2) is 0 Å². The average Bonchev–Trinajstić information content (AvgIpc) is 2.35. The largest absolute Gasteiger partial charge is 0.481 e. The second-order valence-corrected chi connectivity index (χ2v) is 4.24. The number of hydrogen-bond donors (Lipinski definition) is 2. The Kier molecular flexibility index (Phi) is 6.13. The van der Waals surface area contributed by atoms with E-state index >= 15 is 0 Å². The number of anilines is 1. The van der Waals surface area contributed by atoms with Gasteiger partial charge >= 0.3 is 5.97 Å². The minimum atomic E-state index is -0.924. The van der Waals surface area contributed by atoms with Crippen LogP contribution in [0.3, 0.4) is 0 Å². The van der Waals surface area contributed by atoms with Crippen molar-refractivity contribution in [3.05, 3.63) is 28.8 Å². The van der Waals surface area contributed by atoms with Crippen molar-refractivity contribution >= 4 is 23.3 Å². The fourth-order valence-corrected chi connectivity index (χ4v) is 1.85. The lowest BCUT2D eigenvalue weighted by Gasteiger charge is -2.17. The Hall–Kier alpha value is -1.77. The van der Waals surface area contributed by atoms with Gasteiger partial charge in [0.25, 0.3) is 0 Å². The summed E-state index contributed by atoms with van der Waals surface area (Å²) in [6.45, 7) is 2.53. The summed E-state index contributed by atoms with van der Waals surface area (Å²) in [6.07, 6.45) is -0.545. The summed E-state index contributed by atoms with van der Waals surface area (Å²) in [7, 11) is 0. The van der Waals surface area contributed by atoms with E-state index in [-0.39, 0.29) is 6.42 Å². The van der Waals surface area contributed by atoms with E-state index < -0.39 is 12.1 Å². The second-order valence-electron chi connectivity index (χ2n) is 3.83. The number of aliphatic carboxylic acids is 1. The number of carboxylic acid groups (broad SMARTS) is 1. The predicted molar refractivity (Wildman–Crippen MR) is 72.3 cm³/mol. The van der Waals surface area contributed by atoms with Gasteiger partial charge in [0.1, 0.15) is 6.07 Å². The van der Waals surface area contributed by atoms with Gasteiger partial charge in [-0.2, -0.15) is 5.26 Å². The Balaban J connectivity index is 2.71. The number of carboxylic acids is 1. The van der Waals surface area contributed by atoms with Crippen LogP contribution >= 0.6 is 11.6 Å². The molecule has 0 amide bonds. The number of carbonyl (C=O) groups is 1. The van der Waals surface area contributed by atoms with Crippen LogP contribution in [0.5, 0.6) is 0 Å². The molecule has 1 aromatic carbocycles. The van der Waals surface area contributed by atoms with Crippen LogP contribution in [0.15, 0.2) is 18.2 Å². The van der Waals surface area contributed by atoms with Gasteiger partial charge in [-0.15, -0.1) is 0 Å². The first-order valence-corrected chi connectivity index (χ1v) is 6.22. The van der Waals surface area contributed by atoms with Gasteiger partial charge in [0, 0.05) is 13.2 Å². The van der Waals surface area contributed by atoms with Gasteiger partial charge in [0.2, 0.25) is 0 Å². The van der Waals surface area contributed by atoms with Crippen LogP contribution < -0.4 is 5.32 Å². The predicted octanol–water partition coefficient (Wildman–Crippen LogP) is 2.50. The maximum atomic E-state index is 10.7. The number of ether oxygens (including phenoxy) is 1. The molecule has 0 aliphatic rings. The summed E-state index contributed by atoms with van der Waals surface area (Å²) in [5, 5.41) is 21.1. The second kappa shape index (κ2) is 7.62. The number of nitriles is 1. The molecule has 0 aliphatic heterocycles. The first kappa shape index (κ1) is 15.3. The third kappa shape index (κ3) is 4.78. The summed E-state index contributed by atoms with van der Waals surface area (Å²) in [5.74, 6) is -0.924. The molecule has 0 saturated heterocycles. The zero-order chi connectivity index (χ0) is 14.3. The summed E-state index contributed by atoms with van der Waals surface area (Å²) >= 11 is 5.90. The Morgan fingerprint density at radius 3 is 2.95 bits per heavy atom. The van der Waals surface area contributed by atoms with Gasteiger partial charge in [0.15, 0.2) is 0 Å². The molecule has 0 bridgehead atoms. The Bertz CT molecular complexity index is 485. The lowest BCUT2D eigenvalue weighted by molar-refractivity contribution is -0.139. The van der Waals surface area contributed by atoms with E-state index in [1.165, 1.54) is 0 Å². The molecule has 0 aromatic heterocycles. The molecule has 1 rings (SSSR count). The van der Waals surface area contributed by atoms with Crippen LogP contribution in [0, 0.1) is 11.3 Å². The number of nitrogens with one attached hydrogen (secondary N) is 1. The maximum absolute atomic E-state index is 10.7. The summed E-state index contributed by atoms with van der Waals surface area (Å²) in [4.78, 5) is 10.7. The molecule has 5 nitrogen and oxygen atoms in total. The molecule has 0 fully saturated rings. The van der Waals surface area contributed by atoms with Gasteiger partial charge in [0.05, 0.1) is 28.8 Å². The zero-order valence-electron chi connectivity index (χ0n) is 10.5. The van der Waals surface area contributed by atoms with Crippen molar-refractivity contribution in [3.63, 3.8) is 0 Å². The van der Waals surface area contributed by atoms with Crippen LogP contribution in [-0.4, -0.2) is 30.3 Å². The fraction of sp³-hybridized carbons (Fsp3) is 0.385. The molecule has 6 heteroatoms. The Morgan fingerprint density at radius 2 is 2.37 bits per heavy atom. The Morgan fingerprint density at radius 1 is 1.63 bits per heavy atom. The molecule has 2 N–H and O–H groups in total. The van der Waals surface area contributed by atoms with Gasteiger partial charge in [-0.3, -0.25) is 4.79 Å². The van der Waals surface area contributed by atoms with Crippen LogP contribution in [0.4, 0.5) is 5.69 Å². The highest BCUT2D eigenvalue weighted by Crippen LogP contribution is 2.23. The minimum Gasteiger partial charge on any atom is -0.481 e. The van der Waals surface area contributed by atoms with Gasteiger partial charge < -0.3 is 15.2 Å². The molecule has 1 atom stereocenters. The normalized spacial score (nSPS) is 11.6. The first-order chi connectivity index (χ1) is 9.08. The first-order valence-electron chi connectivity index (χ1n) is 5.84. The average molecular weight is 283 g/mol. The highest BCUT2D eigenvalue weighted by Gasteiger charge is 2.14. The summed E-state index contributed by atoms with van der Waals surface area (Å²) in [5.41, 5.74) is 0.917. The van der Waals surface area contributed by atoms with Crippen molar-refractivity contribution < 1.29 is 14.6 Å². The lowest BCUT2D eigenvalue weighted by atomic mass is 10.2. The Labute approximate surface area is 116 Å². The molecule has 0 radical (unpaired) electrons. The van der Waals surface area contributed by atoms with Crippen LogP contribution in [0.2, 0.25) is 5.02 Å². The highest BCUT2D eigenvalue weighted by molar-refractivity contribution is 6.32. The highest BCUT2D eigenvalue weighted by atomic mass is 35.5. The summed E-state index contributed by atoms with van der Waals surface area (Å²) in [6, 6.07) is 7.07. The SMILES string of the molecule is CCOC(CNc1cccc(Cl)c1C#N)CC(=O)O. The van der Waals surface area contributed by atoms with Crippen molar-refractivity contribution in [2.45, 2.75) is 19.4 Å². The number of nitrogens with zero attached hydrogens (tertiary/aromatic N) is 1. The van der Waals surface area contributed by atoms with Crippen molar-refractivity contribution in [3.8, 4) is 6.07 Å². The van der Waals surface area contributed by atoms with Crippen LogP contribution in [0.25, 0.3) is 0 Å². The van der Waals surface area contributed by atoms with Crippen LogP contribution in [0.1, 0.15) is 18.9 Å². The minimum absolute atomic E-state index is 0.0940. The number of rotatable bonds is 7. The quantitative estimate of drug-likeness (QED) is 0.803. The maximum Gasteiger partial charge on any atom is 0.306 e. The zero-order valence-corrected chi connectivity index (χ0v) is 11.3. The number of hydrogen-bond acceptors (Lipinski definition) is 4. The standard InChI is InChI=1S/C13H15ClN2O3/c1-2-19-9(6-13(17)18)8-16-12-5-3-4-11(14)10(12)7-15/h3-5,9,16H,2,6,8H2,1H3,(H,17,18). The van der Waals surface area contributed by atoms with E-state index in [2.05, 4.69) is 5.32 Å². The van der Waals surface area contributed by atoms with Crippen molar-refractivity contribution in [2.24, 2.45) is 0 Å². The topological polar surface area (TPSA) is 82.3 Å². The van der Waals surface area contributed by atoms with E-state index in [0.29, 0.717) is 29.4 Å². The lowest BCUT2D eigenvalue weighted by Crippen LogP contribution is -2.26. The monoisotopic (exact) mass is 282 g/mol. The molecule has 0 aliphatic carbocycles. The molecule has 0 spiro atoms. The van der Waals surface area contributed by atoms with E-state index in [1.54, 1.807) is 25.1 Å². The van der Waals surface area contributed by atoms with E-state index in [1.807, 2.05) is 6.07 Å². The number of halogens is 1. The number of benzene rings is 1. The fourth-order valence-electron chi connectivity index (χ4n) is 1.63. The molecule has 19 heavy (non-hydrogen) atoms. The third-order valence-electron chi connectivity index (χ3n) is 2.45. The summed E-state index contributed by atoms with van der Waals surface area (Å²) < 4.78 is 5.32. The van der Waals surface area contributed by atoms with E-state index in [0.717, 1.165) is 0 Å². The third-order valence-corrected chi connectivity index (χ3v) is 2.77. The van der Waals surface area contributed by atoms with Crippen molar-refractivity contribution in [1.82, 2.24) is 0 Å². The van der Waals surface area contributed by atoms with Crippen LogP contribution in [-0.2, 0) is 9.53 Å². The smallest absolute Gasteiger partial charge is 0.306 e. The molecule has 1 unspecified atom stereocenters. The van der Waals surface area contributed by atoms with Crippen molar-refractivity contribution in [2.75, 3.05) is 18.5 Å². The van der Waals surface area contributed by atoms with E-state index in [4.69, 9.17) is 26.7 Å². The van der Waals surface area contributed by atoms with Gasteiger partial charge in [-0.1, -0.05) is 17.7 Å². The van der Waals surface area contributed by atoms with Gasteiger partial charge in [-0.05, 0) is 19.1 Å². The van der Waals surface area contributed by atoms with E-state index in [9.17, 15) is 4.79 Å². The molecule has 0 heterocycles. The molecule has 102 valence electrons. The molecular weight excluding hydrogens is 268 g/mol. The molecule has 0 saturated carbocycles.